The Bertz CT molecular complexity index is 821. The van der Waals surface area contributed by atoms with Crippen LogP contribution in [0.3, 0.4) is 0 Å². The van der Waals surface area contributed by atoms with E-state index in [0.717, 1.165) is 21.1 Å². The van der Waals surface area contributed by atoms with E-state index < -0.39 is 0 Å². The Hall–Kier alpha value is -2.27. The number of benzene rings is 1. The first-order valence-electron chi connectivity index (χ1n) is 6.92. The summed E-state index contributed by atoms with van der Waals surface area (Å²) in [6.45, 7) is 1.95. The summed E-state index contributed by atoms with van der Waals surface area (Å²) in [6, 6.07) is 15.1. The number of carbonyl (C=O) groups is 1. The Labute approximate surface area is 136 Å². The molecular weight excluding hydrogens is 342 g/mol. The minimum Gasteiger partial charge on any atom is -0.344 e. The number of hydrogen-bond donors (Lipinski definition) is 1. The maximum absolute atomic E-state index is 12.4. The third-order valence-corrected chi connectivity index (χ3v) is 4.08. The van der Waals surface area contributed by atoms with E-state index in [1.165, 1.54) is 0 Å². The highest BCUT2D eigenvalue weighted by Gasteiger charge is 2.13. The largest absolute Gasteiger partial charge is 0.344 e. The average Bonchev–Trinajstić information content (AvgIpc) is 2.55. The summed E-state index contributed by atoms with van der Waals surface area (Å²) in [5.74, 6) is -0.189. The zero-order valence-electron chi connectivity index (χ0n) is 12.0. The molecule has 110 valence electrons. The van der Waals surface area contributed by atoms with Crippen molar-refractivity contribution in [2.75, 3.05) is 0 Å². The molecule has 0 spiro atoms. The number of hydrogen-bond acceptors (Lipinski definition) is 3. The molecule has 4 nitrogen and oxygen atoms in total. The van der Waals surface area contributed by atoms with Gasteiger partial charge in [-0.25, -0.2) is 9.97 Å². The number of halogens is 1. The van der Waals surface area contributed by atoms with Crippen molar-refractivity contribution in [2.24, 2.45) is 0 Å². The predicted octanol–water partition coefficient (Wildman–Crippen LogP) is 3.88. The number of rotatable bonds is 3. The lowest BCUT2D eigenvalue weighted by molar-refractivity contribution is 0.0935. The van der Waals surface area contributed by atoms with Gasteiger partial charge in [0.1, 0.15) is 10.3 Å². The molecule has 0 aliphatic rings. The van der Waals surface area contributed by atoms with Crippen molar-refractivity contribution in [3.63, 3.8) is 0 Å². The molecule has 0 bridgehead atoms. The Morgan fingerprint density at radius 3 is 2.68 bits per heavy atom. The fraction of sp³-hybridized carbons (Fsp3) is 0.118. The van der Waals surface area contributed by atoms with Crippen LogP contribution in [0.1, 0.15) is 29.0 Å². The van der Waals surface area contributed by atoms with E-state index in [1.54, 1.807) is 18.3 Å². The van der Waals surface area contributed by atoms with Gasteiger partial charge in [-0.2, -0.15) is 0 Å². The second-order valence-electron chi connectivity index (χ2n) is 4.97. The van der Waals surface area contributed by atoms with Crippen molar-refractivity contribution < 1.29 is 4.79 Å². The zero-order valence-corrected chi connectivity index (χ0v) is 13.5. The van der Waals surface area contributed by atoms with Crippen molar-refractivity contribution >= 4 is 32.7 Å². The molecule has 0 aliphatic heterocycles. The summed E-state index contributed by atoms with van der Waals surface area (Å²) in [6.07, 6.45) is 1.66. The van der Waals surface area contributed by atoms with Crippen molar-refractivity contribution in [1.82, 2.24) is 15.3 Å². The lowest BCUT2D eigenvalue weighted by Gasteiger charge is -2.14. The van der Waals surface area contributed by atoms with Crippen LogP contribution in [0.15, 0.2) is 59.3 Å². The van der Waals surface area contributed by atoms with E-state index in [4.69, 9.17) is 0 Å². The quantitative estimate of drug-likeness (QED) is 0.725. The summed E-state index contributed by atoms with van der Waals surface area (Å²) in [4.78, 5) is 20.9. The van der Waals surface area contributed by atoms with Gasteiger partial charge in [0.05, 0.1) is 11.6 Å². The highest BCUT2D eigenvalue weighted by Crippen LogP contribution is 2.20. The molecule has 0 fully saturated rings. The molecule has 3 aromatic rings. The van der Waals surface area contributed by atoms with Gasteiger partial charge in [0.2, 0.25) is 0 Å². The first-order chi connectivity index (χ1) is 10.6. The number of nitrogens with zero attached hydrogens (tertiary/aromatic N) is 2. The molecule has 5 heteroatoms. The topological polar surface area (TPSA) is 54.9 Å². The summed E-state index contributed by atoms with van der Waals surface area (Å²) in [7, 11) is 0. The number of fused-ring (bicyclic) bond motifs is 1. The normalized spacial score (nSPS) is 12.1. The van der Waals surface area contributed by atoms with Crippen LogP contribution >= 0.6 is 15.9 Å². The standard InChI is InChI=1S/C17H14BrN3O/c1-11(12-5-3-2-4-6-12)20-17(22)15-8-7-13-14(21-15)9-10-19-16(13)18/h2-11H,1H3,(H,20,22). The predicted molar refractivity (Wildman–Crippen MR) is 89.6 cm³/mol. The molecule has 1 amide bonds. The SMILES string of the molecule is CC(NC(=O)c1ccc2c(Br)nccc2n1)c1ccccc1. The average molecular weight is 356 g/mol. The third kappa shape index (κ3) is 2.99. The van der Waals surface area contributed by atoms with Crippen LogP contribution in [0.2, 0.25) is 0 Å². The summed E-state index contributed by atoms with van der Waals surface area (Å²) in [5, 5.41) is 3.85. The molecule has 0 radical (unpaired) electrons. The summed E-state index contributed by atoms with van der Waals surface area (Å²) < 4.78 is 0.724. The third-order valence-electron chi connectivity index (χ3n) is 3.45. The first kappa shape index (κ1) is 14.7. The molecule has 2 aromatic heterocycles. The van der Waals surface area contributed by atoms with Crippen LogP contribution in [-0.2, 0) is 0 Å². The Balaban J connectivity index is 1.83. The van der Waals surface area contributed by atoms with Gasteiger partial charge in [-0.15, -0.1) is 0 Å². The summed E-state index contributed by atoms with van der Waals surface area (Å²) in [5.41, 5.74) is 2.19. The lowest BCUT2D eigenvalue weighted by atomic mass is 10.1. The second-order valence-corrected chi connectivity index (χ2v) is 5.72. The van der Waals surface area contributed by atoms with Crippen LogP contribution in [-0.4, -0.2) is 15.9 Å². The van der Waals surface area contributed by atoms with Crippen LogP contribution in [0.4, 0.5) is 0 Å². The molecule has 1 aromatic carbocycles. The molecule has 1 unspecified atom stereocenters. The van der Waals surface area contributed by atoms with Crippen molar-refractivity contribution in [3.05, 3.63) is 70.6 Å². The Morgan fingerprint density at radius 2 is 1.91 bits per heavy atom. The number of nitrogens with one attached hydrogen (secondary N) is 1. The van der Waals surface area contributed by atoms with E-state index in [0.29, 0.717) is 5.69 Å². The Kier molecular flexibility index (Phi) is 4.15. The van der Waals surface area contributed by atoms with E-state index >= 15 is 0 Å². The minimum atomic E-state index is -0.189. The molecule has 2 heterocycles. The molecular formula is C17H14BrN3O. The van der Waals surface area contributed by atoms with Gasteiger partial charge in [0, 0.05) is 11.6 Å². The molecule has 1 N–H and O–H groups in total. The second kappa shape index (κ2) is 6.23. The number of carbonyl (C=O) groups excluding carboxylic acids is 1. The highest BCUT2D eigenvalue weighted by molar-refractivity contribution is 9.10. The maximum atomic E-state index is 12.4. The maximum Gasteiger partial charge on any atom is 0.270 e. The van der Waals surface area contributed by atoms with Crippen LogP contribution in [0.25, 0.3) is 10.9 Å². The van der Waals surface area contributed by atoms with Crippen LogP contribution < -0.4 is 5.32 Å². The molecule has 0 saturated heterocycles. The monoisotopic (exact) mass is 355 g/mol. The molecule has 0 saturated carbocycles. The van der Waals surface area contributed by atoms with E-state index in [-0.39, 0.29) is 11.9 Å². The van der Waals surface area contributed by atoms with Gasteiger partial charge >= 0.3 is 0 Å². The smallest absolute Gasteiger partial charge is 0.270 e. The lowest BCUT2D eigenvalue weighted by Crippen LogP contribution is -2.27. The van der Waals surface area contributed by atoms with Gasteiger partial charge in [-0.1, -0.05) is 30.3 Å². The number of amides is 1. The van der Waals surface area contributed by atoms with Gasteiger partial charge in [-0.3, -0.25) is 4.79 Å². The molecule has 1 atom stereocenters. The molecule has 0 aliphatic carbocycles. The summed E-state index contributed by atoms with van der Waals surface area (Å²) >= 11 is 3.38. The van der Waals surface area contributed by atoms with Gasteiger partial charge in [-0.05, 0) is 46.6 Å². The molecule has 3 rings (SSSR count). The van der Waals surface area contributed by atoms with E-state index in [2.05, 4.69) is 31.2 Å². The van der Waals surface area contributed by atoms with Crippen molar-refractivity contribution in [2.45, 2.75) is 13.0 Å². The zero-order chi connectivity index (χ0) is 15.5. The van der Waals surface area contributed by atoms with Gasteiger partial charge < -0.3 is 5.32 Å². The fourth-order valence-electron chi connectivity index (χ4n) is 2.24. The molecule has 22 heavy (non-hydrogen) atoms. The Morgan fingerprint density at radius 1 is 1.14 bits per heavy atom. The van der Waals surface area contributed by atoms with Gasteiger partial charge in [0.15, 0.2) is 0 Å². The van der Waals surface area contributed by atoms with Crippen LogP contribution in [0, 0.1) is 0 Å². The minimum absolute atomic E-state index is 0.0737. The van der Waals surface area contributed by atoms with E-state index in [1.807, 2.05) is 43.3 Å². The highest BCUT2D eigenvalue weighted by atomic mass is 79.9. The van der Waals surface area contributed by atoms with Crippen molar-refractivity contribution in [3.8, 4) is 0 Å². The van der Waals surface area contributed by atoms with E-state index in [9.17, 15) is 4.79 Å². The van der Waals surface area contributed by atoms with Crippen LogP contribution in [0.5, 0.6) is 0 Å². The number of aromatic nitrogens is 2. The van der Waals surface area contributed by atoms with Crippen molar-refractivity contribution in [1.29, 1.82) is 0 Å². The first-order valence-corrected chi connectivity index (χ1v) is 7.71. The van der Waals surface area contributed by atoms with Gasteiger partial charge in [0.25, 0.3) is 5.91 Å². The number of pyridine rings is 2. The fourth-order valence-corrected chi connectivity index (χ4v) is 2.69.